The molecule has 0 aliphatic carbocycles. The molecule has 3 rings (SSSR count). The van der Waals surface area contributed by atoms with Crippen LogP contribution in [-0.2, 0) is 7.05 Å². The standard InChI is InChI=1S/C12H12N4O/c1-7-9-5-8(3-4-11(9)17-15-7)10-6-12(13)16(2)14-10/h3-6H,13H2,1-2H3. The van der Waals surface area contributed by atoms with E-state index in [1.165, 1.54) is 0 Å². The molecule has 0 atom stereocenters. The predicted molar refractivity (Wildman–Crippen MR) is 65.4 cm³/mol. The Balaban J connectivity index is 2.20. The molecule has 5 nitrogen and oxygen atoms in total. The van der Waals surface area contributed by atoms with E-state index in [-0.39, 0.29) is 0 Å². The maximum absolute atomic E-state index is 5.77. The van der Waals surface area contributed by atoms with Gasteiger partial charge in [-0.2, -0.15) is 5.10 Å². The molecular weight excluding hydrogens is 216 g/mol. The number of anilines is 1. The first-order valence-electron chi connectivity index (χ1n) is 5.31. The molecule has 0 spiro atoms. The van der Waals surface area contributed by atoms with Gasteiger partial charge in [-0.25, -0.2) is 0 Å². The largest absolute Gasteiger partial charge is 0.384 e. The van der Waals surface area contributed by atoms with Crippen LogP contribution in [0.1, 0.15) is 5.69 Å². The van der Waals surface area contributed by atoms with Crippen molar-refractivity contribution in [3.05, 3.63) is 30.0 Å². The summed E-state index contributed by atoms with van der Waals surface area (Å²) in [6, 6.07) is 7.72. The fraction of sp³-hybridized carbons (Fsp3) is 0.167. The molecule has 0 radical (unpaired) electrons. The van der Waals surface area contributed by atoms with Gasteiger partial charge in [0, 0.05) is 24.1 Å². The molecule has 0 fully saturated rings. The van der Waals surface area contributed by atoms with Crippen molar-refractivity contribution in [2.45, 2.75) is 6.92 Å². The highest BCUT2D eigenvalue weighted by Crippen LogP contribution is 2.26. The lowest BCUT2D eigenvalue weighted by Gasteiger charge is -1.96. The number of nitrogens with zero attached hydrogens (tertiary/aromatic N) is 3. The summed E-state index contributed by atoms with van der Waals surface area (Å²) in [5.74, 6) is 0.641. The molecule has 17 heavy (non-hydrogen) atoms. The number of hydrogen-bond donors (Lipinski definition) is 1. The molecule has 5 heteroatoms. The van der Waals surface area contributed by atoms with E-state index in [4.69, 9.17) is 10.3 Å². The summed E-state index contributed by atoms with van der Waals surface area (Å²) in [5, 5.41) is 9.28. The molecule has 2 N–H and O–H groups in total. The zero-order valence-corrected chi connectivity index (χ0v) is 9.64. The topological polar surface area (TPSA) is 69.9 Å². The van der Waals surface area contributed by atoms with Crippen molar-refractivity contribution in [3.63, 3.8) is 0 Å². The number of nitrogen functional groups attached to an aromatic ring is 1. The van der Waals surface area contributed by atoms with E-state index < -0.39 is 0 Å². The summed E-state index contributed by atoms with van der Waals surface area (Å²) in [6.45, 7) is 1.92. The minimum atomic E-state index is 0.641. The van der Waals surface area contributed by atoms with Gasteiger partial charge >= 0.3 is 0 Å². The molecule has 0 amide bonds. The molecule has 0 aliphatic rings. The van der Waals surface area contributed by atoms with Crippen molar-refractivity contribution >= 4 is 16.8 Å². The quantitative estimate of drug-likeness (QED) is 0.692. The Hall–Kier alpha value is -2.30. The van der Waals surface area contributed by atoms with Crippen LogP contribution in [0.4, 0.5) is 5.82 Å². The van der Waals surface area contributed by atoms with E-state index in [9.17, 15) is 0 Å². The van der Waals surface area contributed by atoms with E-state index in [0.717, 1.165) is 27.9 Å². The third-order valence-corrected chi connectivity index (χ3v) is 2.86. The maximum Gasteiger partial charge on any atom is 0.167 e. The third kappa shape index (κ3) is 1.47. The summed E-state index contributed by atoms with van der Waals surface area (Å²) < 4.78 is 6.82. The minimum absolute atomic E-state index is 0.641. The first-order chi connectivity index (χ1) is 8.15. The van der Waals surface area contributed by atoms with E-state index in [2.05, 4.69) is 10.3 Å². The zero-order chi connectivity index (χ0) is 12.0. The lowest BCUT2D eigenvalue weighted by molar-refractivity contribution is 0.450. The second kappa shape index (κ2) is 3.35. The zero-order valence-electron chi connectivity index (χ0n) is 9.64. The number of nitrogens with two attached hydrogens (primary N) is 1. The number of aromatic nitrogens is 3. The van der Waals surface area contributed by atoms with Crippen LogP contribution < -0.4 is 5.73 Å². The van der Waals surface area contributed by atoms with Gasteiger partial charge < -0.3 is 10.3 Å². The highest BCUT2D eigenvalue weighted by molar-refractivity contribution is 5.84. The van der Waals surface area contributed by atoms with Gasteiger partial charge in [0.25, 0.3) is 0 Å². The fourth-order valence-electron chi connectivity index (χ4n) is 1.84. The predicted octanol–water partition coefficient (Wildman–Crippen LogP) is 2.12. The smallest absolute Gasteiger partial charge is 0.167 e. The normalized spacial score (nSPS) is 11.2. The van der Waals surface area contributed by atoms with Gasteiger partial charge in [-0.15, -0.1) is 0 Å². The van der Waals surface area contributed by atoms with Crippen LogP contribution in [0.25, 0.3) is 22.2 Å². The van der Waals surface area contributed by atoms with Crippen molar-refractivity contribution in [2.75, 3.05) is 5.73 Å². The average Bonchev–Trinajstić information content (AvgIpc) is 2.84. The SMILES string of the molecule is Cc1noc2ccc(-c3cc(N)n(C)n3)cc12. The van der Waals surface area contributed by atoms with Crippen LogP contribution in [0.2, 0.25) is 0 Å². The molecule has 3 aromatic rings. The fourth-order valence-corrected chi connectivity index (χ4v) is 1.84. The highest BCUT2D eigenvalue weighted by Gasteiger charge is 2.09. The first kappa shape index (κ1) is 9.89. The van der Waals surface area contributed by atoms with Crippen LogP contribution in [0, 0.1) is 6.92 Å². The number of hydrogen-bond acceptors (Lipinski definition) is 4. The van der Waals surface area contributed by atoms with Crippen molar-refractivity contribution in [3.8, 4) is 11.3 Å². The van der Waals surface area contributed by atoms with E-state index in [1.807, 2.05) is 38.2 Å². The molecule has 0 bridgehead atoms. The molecular formula is C12H12N4O. The van der Waals surface area contributed by atoms with Gasteiger partial charge in [0.05, 0.1) is 11.4 Å². The molecule has 1 aromatic carbocycles. The van der Waals surface area contributed by atoms with Gasteiger partial charge in [0.2, 0.25) is 0 Å². The Morgan fingerprint density at radius 2 is 2.12 bits per heavy atom. The van der Waals surface area contributed by atoms with Crippen molar-refractivity contribution in [2.24, 2.45) is 7.05 Å². The average molecular weight is 228 g/mol. The van der Waals surface area contributed by atoms with Crippen LogP contribution in [0.3, 0.4) is 0 Å². The molecule has 86 valence electrons. The van der Waals surface area contributed by atoms with Crippen LogP contribution in [0.5, 0.6) is 0 Å². The van der Waals surface area contributed by atoms with Gasteiger partial charge in [0.1, 0.15) is 5.82 Å². The van der Waals surface area contributed by atoms with Crippen molar-refractivity contribution in [1.29, 1.82) is 0 Å². The van der Waals surface area contributed by atoms with Crippen molar-refractivity contribution in [1.82, 2.24) is 14.9 Å². The molecule has 0 saturated heterocycles. The monoisotopic (exact) mass is 228 g/mol. The molecule has 0 unspecified atom stereocenters. The van der Waals surface area contributed by atoms with Crippen LogP contribution >= 0.6 is 0 Å². The number of aryl methyl sites for hydroxylation is 2. The highest BCUT2D eigenvalue weighted by atomic mass is 16.5. The minimum Gasteiger partial charge on any atom is -0.384 e. The summed E-state index contributed by atoms with van der Waals surface area (Å²) >= 11 is 0. The van der Waals surface area contributed by atoms with Gasteiger partial charge in [0.15, 0.2) is 5.58 Å². The van der Waals surface area contributed by atoms with Crippen molar-refractivity contribution < 1.29 is 4.52 Å². The number of fused-ring (bicyclic) bond motifs is 1. The number of benzene rings is 1. The second-order valence-electron chi connectivity index (χ2n) is 4.06. The van der Waals surface area contributed by atoms with Crippen LogP contribution in [0.15, 0.2) is 28.8 Å². The number of rotatable bonds is 1. The lowest BCUT2D eigenvalue weighted by atomic mass is 10.1. The van der Waals surface area contributed by atoms with Gasteiger partial charge in [-0.05, 0) is 25.1 Å². The van der Waals surface area contributed by atoms with E-state index in [0.29, 0.717) is 5.82 Å². The van der Waals surface area contributed by atoms with Crippen LogP contribution in [-0.4, -0.2) is 14.9 Å². The maximum atomic E-state index is 5.77. The summed E-state index contributed by atoms with van der Waals surface area (Å²) in [7, 11) is 1.82. The Morgan fingerprint density at radius 3 is 2.82 bits per heavy atom. The van der Waals surface area contributed by atoms with E-state index >= 15 is 0 Å². The third-order valence-electron chi connectivity index (χ3n) is 2.86. The molecule has 0 saturated carbocycles. The first-order valence-corrected chi connectivity index (χ1v) is 5.31. The summed E-state index contributed by atoms with van der Waals surface area (Å²) in [5.41, 5.74) is 9.30. The summed E-state index contributed by atoms with van der Waals surface area (Å²) in [4.78, 5) is 0. The lowest BCUT2D eigenvalue weighted by Crippen LogP contribution is -1.96. The van der Waals surface area contributed by atoms with Gasteiger partial charge in [-0.3, -0.25) is 4.68 Å². The molecule has 0 aliphatic heterocycles. The van der Waals surface area contributed by atoms with Gasteiger partial charge in [-0.1, -0.05) is 5.16 Å². The Bertz CT molecular complexity index is 676. The summed E-state index contributed by atoms with van der Waals surface area (Å²) in [6.07, 6.45) is 0. The molecule has 2 aromatic heterocycles. The Labute approximate surface area is 97.8 Å². The Morgan fingerprint density at radius 1 is 1.29 bits per heavy atom. The van der Waals surface area contributed by atoms with E-state index in [1.54, 1.807) is 4.68 Å². The molecule has 2 heterocycles. The Kier molecular flexibility index (Phi) is 1.95. The second-order valence-corrected chi connectivity index (χ2v) is 4.06.